The summed E-state index contributed by atoms with van der Waals surface area (Å²) in [6.45, 7) is 0. The first-order valence-electron chi connectivity index (χ1n) is 20.7. The van der Waals surface area contributed by atoms with E-state index in [0.717, 1.165) is 94.0 Å². The van der Waals surface area contributed by atoms with E-state index in [1.165, 1.54) is 22.3 Å². The van der Waals surface area contributed by atoms with Crippen LogP contribution in [0.4, 0.5) is 17.1 Å². The van der Waals surface area contributed by atoms with Crippen molar-refractivity contribution in [2.75, 3.05) is 4.90 Å². The van der Waals surface area contributed by atoms with Gasteiger partial charge in [0.25, 0.3) is 0 Å². The fraction of sp³-hybridized carbons (Fsp3) is 0. The molecule has 0 bridgehead atoms. The summed E-state index contributed by atoms with van der Waals surface area (Å²) < 4.78 is 13.0. The van der Waals surface area contributed by atoms with E-state index in [1.54, 1.807) is 0 Å². The Morgan fingerprint density at radius 3 is 1.49 bits per heavy atom. The molecule has 12 rings (SSSR count). The van der Waals surface area contributed by atoms with Gasteiger partial charge in [-0.3, -0.25) is 0 Å². The van der Waals surface area contributed by atoms with Gasteiger partial charge in [0.15, 0.2) is 0 Å². The van der Waals surface area contributed by atoms with Crippen LogP contribution in [-0.4, -0.2) is 0 Å². The third-order valence-electron chi connectivity index (χ3n) is 12.1. The minimum Gasteiger partial charge on any atom is -0.455 e. The second-order valence-electron chi connectivity index (χ2n) is 15.7. The predicted octanol–water partition coefficient (Wildman–Crippen LogP) is 16.8. The molecule has 0 spiro atoms. The highest BCUT2D eigenvalue weighted by Gasteiger charge is 2.18. The third kappa shape index (κ3) is 5.98. The fourth-order valence-corrected chi connectivity index (χ4v) is 9.10. The average molecular weight is 780 g/mol. The molecule has 10 aromatic carbocycles. The zero-order chi connectivity index (χ0) is 40.3. The van der Waals surface area contributed by atoms with Crippen LogP contribution in [0.3, 0.4) is 0 Å². The molecular weight excluding hydrogens is 743 g/mol. The molecule has 2 heterocycles. The summed E-state index contributed by atoms with van der Waals surface area (Å²) in [5.41, 5.74) is 16.1. The minimum absolute atomic E-state index is 0.884. The second kappa shape index (κ2) is 14.3. The highest BCUT2D eigenvalue weighted by molar-refractivity contribution is 6.19. The van der Waals surface area contributed by atoms with Gasteiger partial charge >= 0.3 is 0 Å². The molecule has 3 heteroatoms. The number of hydrogen-bond acceptors (Lipinski definition) is 3. The van der Waals surface area contributed by atoms with Crippen LogP contribution in [0.1, 0.15) is 0 Å². The van der Waals surface area contributed by atoms with E-state index in [9.17, 15) is 0 Å². The molecule has 2 aromatic heterocycles. The van der Waals surface area contributed by atoms with Gasteiger partial charge in [-0.15, -0.1) is 0 Å². The Kier molecular flexibility index (Phi) is 8.17. The first-order valence-corrected chi connectivity index (χ1v) is 20.7. The van der Waals surface area contributed by atoms with Gasteiger partial charge in [-0.1, -0.05) is 158 Å². The molecule has 0 amide bonds. The summed E-state index contributed by atoms with van der Waals surface area (Å²) in [5.74, 6) is 0. The molecule has 3 nitrogen and oxygen atoms in total. The molecule has 0 saturated heterocycles. The standard InChI is InChI=1S/C58H37NO2/c1-3-13-38(14-4-1)41-15-11-16-42(35-41)43-29-34-56-53(36-43)54-37-52(48-19-7-8-21-50(48)58(54)61-56)40-27-32-46(33-28-40)59(44-17-5-2-6-18-44)45-30-25-39(26-31-45)47-22-12-23-51-49-20-9-10-24-55(49)60-57(47)51/h1-37H. The molecule has 0 saturated carbocycles. The van der Waals surface area contributed by atoms with E-state index in [4.69, 9.17) is 8.83 Å². The first-order chi connectivity index (χ1) is 30.2. The average Bonchev–Trinajstić information content (AvgIpc) is 3.91. The van der Waals surface area contributed by atoms with Crippen LogP contribution in [0.2, 0.25) is 0 Å². The topological polar surface area (TPSA) is 29.5 Å². The van der Waals surface area contributed by atoms with Gasteiger partial charge in [0.1, 0.15) is 22.3 Å². The van der Waals surface area contributed by atoms with E-state index in [-0.39, 0.29) is 0 Å². The Morgan fingerprint density at radius 2 is 0.738 bits per heavy atom. The molecule has 0 unspecified atom stereocenters. The number of benzene rings is 10. The first kappa shape index (κ1) is 34.9. The molecule has 12 aromatic rings. The largest absolute Gasteiger partial charge is 0.455 e. The van der Waals surface area contributed by atoms with Gasteiger partial charge in [0, 0.05) is 49.6 Å². The summed E-state index contributed by atoms with van der Waals surface area (Å²) in [7, 11) is 0. The molecule has 286 valence electrons. The predicted molar refractivity (Wildman–Crippen MR) is 255 cm³/mol. The van der Waals surface area contributed by atoms with Crippen LogP contribution in [0.5, 0.6) is 0 Å². The van der Waals surface area contributed by atoms with Gasteiger partial charge in [0.2, 0.25) is 0 Å². The lowest BCUT2D eigenvalue weighted by Crippen LogP contribution is -2.09. The third-order valence-corrected chi connectivity index (χ3v) is 12.1. The monoisotopic (exact) mass is 779 g/mol. The lowest BCUT2D eigenvalue weighted by Gasteiger charge is -2.26. The van der Waals surface area contributed by atoms with Crippen LogP contribution >= 0.6 is 0 Å². The summed E-state index contributed by atoms with van der Waals surface area (Å²) in [5, 5.41) is 6.75. The van der Waals surface area contributed by atoms with Crippen molar-refractivity contribution >= 4 is 71.7 Å². The van der Waals surface area contributed by atoms with Gasteiger partial charge < -0.3 is 13.7 Å². The molecular formula is C58H37NO2. The van der Waals surface area contributed by atoms with Crippen molar-refractivity contribution in [2.24, 2.45) is 0 Å². The number of fused-ring (bicyclic) bond motifs is 8. The van der Waals surface area contributed by atoms with Crippen LogP contribution in [-0.2, 0) is 0 Å². The number of hydrogen-bond donors (Lipinski definition) is 0. The summed E-state index contributed by atoms with van der Waals surface area (Å²) in [6, 6.07) is 79.8. The zero-order valence-corrected chi connectivity index (χ0v) is 33.1. The van der Waals surface area contributed by atoms with Gasteiger partial charge in [-0.25, -0.2) is 0 Å². The quantitative estimate of drug-likeness (QED) is 0.161. The fourth-order valence-electron chi connectivity index (χ4n) is 9.10. The van der Waals surface area contributed by atoms with Crippen molar-refractivity contribution in [3.05, 3.63) is 224 Å². The Morgan fingerprint density at radius 1 is 0.246 bits per heavy atom. The van der Waals surface area contributed by atoms with Crippen molar-refractivity contribution in [1.29, 1.82) is 0 Å². The number of para-hydroxylation sites is 3. The number of rotatable bonds is 7. The molecule has 0 aliphatic rings. The van der Waals surface area contributed by atoms with Gasteiger partial charge in [-0.05, 0) is 111 Å². The lowest BCUT2D eigenvalue weighted by atomic mass is 9.94. The maximum absolute atomic E-state index is 6.65. The number of nitrogens with zero attached hydrogens (tertiary/aromatic N) is 1. The van der Waals surface area contributed by atoms with Gasteiger partial charge in [-0.2, -0.15) is 0 Å². The maximum Gasteiger partial charge on any atom is 0.143 e. The molecule has 0 aliphatic carbocycles. The van der Waals surface area contributed by atoms with E-state index in [2.05, 4.69) is 217 Å². The zero-order valence-electron chi connectivity index (χ0n) is 33.1. The summed E-state index contributed by atoms with van der Waals surface area (Å²) >= 11 is 0. The molecule has 0 N–H and O–H groups in total. The molecule has 0 aliphatic heterocycles. The van der Waals surface area contributed by atoms with Crippen molar-refractivity contribution in [1.82, 2.24) is 0 Å². The number of furan rings is 2. The normalized spacial score (nSPS) is 11.6. The van der Waals surface area contributed by atoms with Crippen LogP contribution < -0.4 is 4.90 Å². The molecule has 0 fully saturated rings. The summed E-state index contributed by atoms with van der Waals surface area (Å²) in [6.07, 6.45) is 0. The Labute approximate surface area is 353 Å². The summed E-state index contributed by atoms with van der Waals surface area (Å²) in [4.78, 5) is 2.31. The molecule has 61 heavy (non-hydrogen) atoms. The Balaban J connectivity index is 0.931. The molecule has 0 atom stereocenters. The number of anilines is 3. The lowest BCUT2D eigenvalue weighted by molar-refractivity contribution is 0.670. The second-order valence-corrected chi connectivity index (χ2v) is 15.7. The Bertz CT molecular complexity index is 3560. The van der Waals surface area contributed by atoms with E-state index >= 15 is 0 Å². The highest BCUT2D eigenvalue weighted by atomic mass is 16.3. The van der Waals surface area contributed by atoms with E-state index in [1.807, 2.05) is 12.1 Å². The Hall–Kier alpha value is -8.14. The van der Waals surface area contributed by atoms with Crippen molar-refractivity contribution in [3.63, 3.8) is 0 Å². The van der Waals surface area contributed by atoms with Crippen LogP contribution in [0, 0.1) is 0 Å². The van der Waals surface area contributed by atoms with Crippen LogP contribution in [0.25, 0.3) is 99.2 Å². The van der Waals surface area contributed by atoms with E-state index < -0.39 is 0 Å². The van der Waals surface area contributed by atoms with E-state index in [0.29, 0.717) is 0 Å². The SMILES string of the molecule is c1ccc(-c2cccc(-c3ccc4oc5c6ccccc6c(-c6ccc(N(c7ccccc7)c7ccc(-c8cccc9c8oc8ccccc89)cc7)cc6)cc5c4c3)c2)cc1. The molecule has 0 radical (unpaired) electrons. The minimum atomic E-state index is 0.884. The van der Waals surface area contributed by atoms with Crippen molar-refractivity contribution in [2.45, 2.75) is 0 Å². The highest BCUT2D eigenvalue weighted by Crippen LogP contribution is 2.43. The van der Waals surface area contributed by atoms with Gasteiger partial charge in [0.05, 0.1) is 0 Å². The smallest absolute Gasteiger partial charge is 0.143 e. The van der Waals surface area contributed by atoms with Crippen molar-refractivity contribution < 1.29 is 8.83 Å². The van der Waals surface area contributed by atoms with Crippen molar-refractivity contribution in [3.8, 4) is 44.5 Å². The maximum atomic E-state index is 6.65. The van der Waals surface area contributed by atoms with Crippen LogP contribution in [0.15, 0.2) is 233 Å².